The number of alkyl halides is 17. The highest BCUT2D eigenvalue weighted by molar-refractivity contribution is 7.99. The van der Waals surface area contributed by atoms with E-state index in [4.69, 9.17) is 5.11 Å². The standard InChI is InChI=1S/C16H15F17O2S/c17-9(18,5-1-2-6-36-7-3-4-8(34)35)10(19,20)11(21,22)12(23,24)13(25,26)14(27,28)15(29,30)16(31,32)33/h1-7H2,(H,34,35). The van der Waals surface area contributed by atoms with Crippen LogP contribution in [0.3, 0.4) is 0 Å². The summed E-state index contributed by atoms with van der Waals surface area (Å²) in [7, 11) is 0. The van der Waals surface area contributed by atoms with Crippen LogP contribution in [0.5, 0.6) is 0 Å². The van der Waals surface area contributed by atoms with Gasteiger partial charge in [-0.3, -0.25) is 4.79 Å². The van der Waals surface area contributed by atoms with Crippen molar-refractivity contribution in [1.82, 2.24) is 0 Å². The van der Waals surface area contributed by atoms with Gasteiger partial charge in [0.05, 0.1) is 0 Å². The second kappa shape index (κ2) is 10.8. The van der Waals surface area contributed by atoms with Crippen LogP contribution in [0.4, 0.5) is 74.6 Å². The first-order valence-electron chi connectivity index (χ1n) is 9.17. The number of rotatable bonds is 15. The Bertz CT molecular complexity index is 747. The highest BCUT2D eigenvalue weighted by atomic mass is 32.2. The van der Waals surface area contributed by atoms with Crippen LogP contribution >= 0.6 is 11.8 Å². The highest BCUT2D eigenvalue weighted by Crippen LogP contribution is 2.64. The summed E-state index contributed by atoms with van der Waals surface area (Å²) in [5.41, 5.74) is 0. The van der Waals surface area contributed by atoms with Gasteiger partial charge in [-0.05, 0) is 30.8 Å². The van der Waals surface area contributed by atoms with Gasteiger partial charge in [-0.15, -0.1) is 0 Å². The number of carboxylic acids is 1. The van der Waals surface area contributed by atoms with Crippen LogP contribution in [0.2, 0.25) is 0 Å². The zero-order valence-electron chi connectivity index (χ0n) is 17.1. The molecule has 0 aromatic rings. The summed E-state index contributed by atoms with van der Waals surface area (Å²) in [6.07, 6.45) is -12.2. The average Bonchev–Trinajstić information content (AvgIpc) is 2.67. The first-order chi connectivity index (χ1) is 15.7. The lowest BCUT2D eigenvalue weighted by Crippen LogP contribution is -2.74. The lowest BCUT2D eigenvalue weighted by molar-refractivity contribution is -0.461. The zero-order chi connectivity index (χ0) is 29.2. The second-order valence-electron chi connectivity index (χ2n) is 7.22. The first-order valence-corrected chi connectivity index (χ1v) is 10.3. The van der Waals surface area contributed by atoms with E-state index < -0.39 is 72.9 Å². The van der Waals surface area contributed by atoms with Crippen LogP contribution in [0.1, 0.15) is 32.1 Å². The van der Waals surface area contributed by atoms with Gasteiger partial charge in [-0.25, -0.2) is 0 Å². The SMILES string of the molecule is O=C(O)CCCSCCCCC(F)(F)C(F)(F)C(F)(F)C(F)(F)C(F)(F)C(F)(F)C(F)(F)C(F)(F)F. The summed E-state index contributed by atoms with van der Waals surface area (Å²) >= 11 is 0.864. The van der Waals surface area contributed by atoms with Crippen molar-refractivity contribution in [2.24, 2.45) is 0 Å². The van der Waals surface area contributed by atoms with Crippen LogP contribution in [-0.2, 0) is 4.79 Å². The largest absolute Gasteiger partial charge is 0.481 e. The Morgan fingerprint density at radius 2 is 0.889 bits per heavy atom. The van der Waals surface area contributed by atoms with Crippen molar-refractivity contribution in [2.75, 3.05) is 11.5 Å². The highest BCUT2D eigenvalue weighted by Gasteiger charge is 2.95. The molecule has 2 nitrogen and oxygen atoms in total. The maximum atomic E-state index is 13.7. The fourth-order valence-electron chi connectivity index (χ4n) is 2.33. The topological polar surface area (TPSA) is 37.3 Å². The number of thioether (sulfide) groups is 1. The molecular weight excluding hydrogens is 579 g/mol. The summed E-state index contributed by atoms with van der Waals surface area (Å²) in [6.45, 7) is 0. The Balaban J connectivity index is 5.76. The molecule has 0 saturated heterocycles. The molecule has 0 atom stereocenters. The molecule has 0 aliphatic rings. The quantitative estimate of drug-likeness (QED) is 0.156. The minimum atomic E-state index is -8.62. The lowest BCUT2D eigenvalue weighted by Gasteiger charge is -2.42. The molecule has 0 aliphatic carbocycles. The maximum Gasteiger partial charge on any atom is 0.460 e. The molecule has 0 heterocycles. The smallest absolute Gasteiger partial charge is 0.460 e. The summed E-state index contributed by atoms with van der Waals surface area (Å²) in [4.78, 5) is 10.2. The van der Waals surface area contributed by atoms with Crippen molar-refractivity contribution >= 4 is 17.7 Å². The van der Waals surface area contributed by atoms with E-state index in [-0.39, 0.29) is 24.3 Å². The van der Waals surface area contributed by atoms with E-state index in [1.807, 2.05) is 0 Å². The van der Waals surface area contributed by atoms with Crippen LogP contribution in [0, 0.1) is 0 Å². The summed E-state index contributed by atoms with van der Waals surface area (Å²) in [5, 5.41) is 8.36. The molecule has 0 saturated carbocycles. The lowest BCUT2D eigenvalue weighted by atomic mass is 9.88. The van der Waals surface area contributed by atoms with E-state index in [0.29, 0.717) is 0 Å². The second-order valence-corrected chi connectivity index (χ2v) is 8.44. The summed E-state index contributed by atoms with van der Waals surface area (Å²) in [5.74, 6) is -57.4. The number of carbonyl (C=O) groups is 1. The minimum Gasteiger partial charge on any atom is -0.481 e. The Labute approximate surface area is 194 Å². The van der Waals surface area contributed by atoms with Gasteiger partial charge < -0.3 is 5.11 Å². The van der Waals surface area contributed by atoms with Crippen molar-refractivity contribution in [3.63, 3.8) is 0 Å². The molecule has 20 heteroatoms. The molecule has 0 radical (unpaired) electrons. The first kappa shape index (κ1) is 34.6. The van der Waals surface area contributed by atoms with Crippen molar-refractivity contribution < 1.29 is 84.5 Å². The monoisotopic (exact) mass is 594 g/mol. The van der Waals surface area contributed by atoms with Crippen molar-refractivity contribution in [2.45, 2.75) is 79.7 Å². The van der Waals surface area contributed by atoms with Crippen LogP contribution in [0.25, 0.3) is 0 Å². The Morgan fingerprint density at radius 1 is 0.528 bits per heavy atom. The van der Waals surface area contributed by atoms with Crippen LogP contribution in [-0.4, -0.2) is 70.2 Å². The molecule has 0 aliphatic heterocycles. The minimum absolute atomic E-state index is 0.0712. The predicted molar refractivity (Wildman–Crippen MR) is 88.7 cm³/mol. The van der Waals surface area contributed by atoms with E-state index >= 15 is 0 Å². The maximum absolute atomic E-state index is 13.7. The number of carboxylic acid groups (broad SMARTS) is 1. The molecule has 216 valence electrons. The van der Waals surface area contributed by atoms with E-state index in [1.165, 1.54) is 0 Å². The van der Waals surface area contributed by atoms with Crippen molar-refractivity contribution in [1.29, 1.82) is 0 Å². The van der Waals surface area contributed by atoms with Gasteiger partial charge in [-0.2, -0.15) is 86.4 Å². The van der Waals surface area contributed by atoms with E-state index in [9.17, 15) is 79.4 Å². The Kier molecular flexibility index (Phi) is 10.4. The van der Waals surface area contributed by atoms with Gasteiger partial charge in [-0.1, -0.05) is 0 Å². The third-order valence-electron chi connectivity index (χ3n) is 4.50. The normalized spacial score (nSPS) is 15.4. The van der Waals surface area contributed by atoms with Gasteiger partial charge in [0.15, 0.2) is 0 Å². The molecule has 0 amide bonds. The van der Waals surface area contributed by atoms with E-state index in [0.717, 1.165) is 11.8 Å². The third kappa shape index (κ3) is 6.02. The molecule has 0 unspecified atom stereocenters. The molecule has 0 fully saturated rings. The molecule has 1 N–H and O–H groups in total. The summed E-state index contributed by atoms with van der Waals surface area (Å²) in [6, 6.07) is 0. The van der Waals surface area contributed by atoms with E-state index in [2.05, 4.69) is 0 Å². The van der Waals surface area contributed by atoms with Crippen molar-refractivity contribution in [3.05, 3.63) is 0 Å². The number of hydrogen-bond acceptors (Lipinski definition) is 2. The van der Waals surface area contributed by atoms with Crippen LogP contribution < -0.4 is 0 Å². The molecular formula is C16H15F17O2S. The molecule has 0 rings (SSSR count). The molecule has 36 heavy (non-hydrogen) atoms. The number of aliphatic carboxylic acids is 1. The predicted octanol–water partition coefficient (Wildman–Crippen LogP) is 7.76. The van der Waals surface area contributed by atoms with Gasteiger partial charge in [0, 0.05) is 12.8 Å². The molecule has 0 bridgehead atoms. The Morgan fingerprint density at radius 3 is 1.28 bits per heavy atom. The zero-order valence-corrected chi connectivity index (χ0v) is 18.0. The fourth-order valence-corrected chi connectivity index (χ4v) is 3.29. The summed E-state index contributed by atoms with van der Waals surface area (Å²) < 4.78 is 223. The number of hydrogen-bond donors (Lipinski definition) is 1. The average molecular weight is 594 g/mol. The number of halogens is 17. The van der Waals surface area contributed by atoms with Gasteiger partial charge in [0.1, 0.15) is 0 Å². The molecule has 0 aromatic heterocycles. The Hall–Kier alpha value is -1.37. The fraction of sp³-hybridized carbons (Fsp3) is 0.938. The number of unbranched alkanes of at least 4 members (excludes halogenated alkanes) is 1. The van der Waals surface area contributed by atoms with E-state index in [1.54, 1.807) is 0 Å². The third-order valence-corrected chi connectivity index (χ3v) is 5.65. The molecule has 0 aromatic carbocycles. The van der Waals surface area contributed by atoms with Crippen molar-refractivity contribution in [3.8, 4) is 0 Å². The van der Waals surface area contributed by atoms with Gasteiger partial charge in [0.25, 0.3) is 0 Å². The van der Waals surface area contributed by atoms with Gasteiger partial charge >= 0.3 is 53.6 Å². The van der Waals surface area contributed by atoms with Gasteiger partial charge in [0.2, 0.25) is 0 Å². The molecule has 0 spiro atoms. The van der Waals surface area contributed by atoms with Crippen LogP contribution in [0.15, 0.2) is 0 Å².